The Kier molecular flexibility index (Phi) is 5.30. The number of amides is 1. The topological polar surface area (TPSA) is 47.6 Å². The van der Waals surface area contributed by atoms with Gasteiger partial charge in [-0.1, -0.05) is 6.07 Å². The van der Waals surface area contributed by atoms with Crippen molar-refractivity contribution in [1.29, 1.82) is 0 Å². The number of nitrogens with one attached hydrogen (secondary N) is 1. The van der Waals surface area contributed by atoms with Gasteiger partial charge in [0, 0.05) is 12.1 Å². The quantitative estimate of drug-likeness (QED) is 0.890. The molecule has 0 aliphatic heterocycles. The minimum absolute atomic E-state index is 0.0990. The van der Waals surface area contributed by atoms with Crippen molar-refractivity contribution in [1.82, 2.24) is 0 Å². The van der Waals surface area contributed by atoms with E-state index < -0.39 is 17.5 Å². The highest BCUT2D eigenvalue weighted by atomic mass is 19.1. The molecule has 22 heavy (non-hydrogen) atoms. The summed E-state index contributed by atoms with van der Waals surface area (Å²) < 4.78 is 36.8. The third kappa shape index (κ3) is 4.44. The lowest BCUT2D eigenvalue weighted by molar-refractivity contribution is -0.118. The maximum Gasteiger partial charge on any atom is 0.262 e. The Morgan fingerprint density at radius 3 is 2.50 bits per heavy atom. The van der Waals surface area contributed by atoms with Gasteiger partial charge in [0.25, 0.3) is 5.91 Å². The Bertz CT molecular complexity index is 662. The van der Waals surface area contributed by atoms with Crippen LogP contribution in [0.2, 0.25) is 0 Å². The molecule has 1 amide bonds. The van der Waals surface area contributed by atoms with Crippen molar-refractivity contribution in [3.8, 4) is 11.5 Å². The van der Waals surface area contributed by atoms with E-state index in [4.69, 9.17) is 9.47 Å². The summed E-state index contributed by atoms with van der Waals surface area (Å²) in [5.41, 5.74) is -0.0990. The third-order valence-electron chi connectivity index (χ3n) is 2.69. The Labute approximate surface area is 126 Å². The summed E-state index contributed by atoms with van der Waals surface area (Å²) in [4.78, 5) is 11.7. The molecule has 2 aromatic rings. The summed E-state index contributed by atoms with van der Waals surface area (Å²) in [6.45, 7) is 2.08. The lowest BCUT2D eigenvalue weighted by atomic mass is 10.3. The van der Waals surface area contributed by atoms with Gasteiger partial charge in [-0.25, -0.2) is 8.78 Å². The van der Waals surface area contributed by atoms with Crippen molar-refractivity contribution in [2.75, 3.05) is 18.5 Å². The molecule has 0 aliphatic carbocycles. The molecule has 0 aromatic heterocycles. The van der Waals surface area contributed by atoms with Crippen LogP contribution in [-0.2, 0) is 4.79 Å². The van der Waals surface area contributed by atoms with Gasteiger partial charge in [0.05, 0.1) is 12.3 Å². The molecule has 0 radical (unpaired) electrons. The lowest BCUT2D eigenvalue weighted by Crippen LogP contribution is -2.20. The van der Waals surface area contributed by atoms with E-state index in [2.05, 4.69) is 5.32 Å². The molecule has 0 aliphatic rings. The van der Waals surface area contributed by atoms with E-state index in [9.17, 15) is 13.6 Å². The molecule has 0 fully saturated rings. The maximum absolute atomic E-state index is 13.4. The molecule has 0 spiro atoms. The normalized spacial score (nSPS) is 10.1. The van der Waals surface area contributed by atoms with E-state index in [0.717, 1.165) is 12.1 Å². The highest BCUT2D eigenvalue weighted by Gasteiger charge is 2.09. The summed E-state index contributed by atoms with van der Waals surface area (Å²) in [5.74, 6) is -1.01. The molecule has 0 atom stereocenters. The fourth-order valence-corrected chi connectivity index (χ4v) is 1.75. The monoisotopic (exact) mass is 307 g/mol. The van der Waals surface area contributed by atoms with Crippen LogP contribution < -0.4 is 14.8 Å². The second-order valence-electron chi connectivity index (χ2n) is 4.37. The molecule has 4 nitrogen and oxygen atoms in total. The Hall–Kier alpha value is -2.63. The molecule has 6 heteroatoms. The molecular weight excluding hydrogens is 292 g/mol. The van der Waals surface area contributed by atoms with Gasteiger partial charge < -0.3 is 14.8 Å². The summed E-state index contributed by atoms with van der Waals surface area (Å²) in [6, 6.07) is 9.73. The smallest absolute Gasteiger partial charge is 0.262 e. The number of carbonyl (C=O) groups is 1. The number of hydrogen-bond donors (Lipinski definition) is 1. The van der Waals surface area contributed by atoms with Crippen LogP contribution in [0, 0.1) is 11.6 Å². The van der Waals surface area contributed by atoms with E-state index in [1.807, 2.05) is 6.92 Å². The second kappa shape index (κ2) is 7.40. The van der Waals surface area contributed by atoms with Crippen LogP contribution in [0.4, 0.5) is 14.5 Å². The fourth-order valence-electron chi connectivity index (χ4n) is 1.75. The van der Waals surface area contributed by atoms with Crippen LogP contribution in [0.1, 0.15) is 6.92 Å². The van der Waals surface area contributed by atoms with Crippen LogP contribution in [0.25, 0.3) is 0 Å². The van der Waals surface area contributed by atoms with Crippen LogP contribution >= 0.6 is 0 Å². The number of ether oxygens (including phenoxy) is 2. The van der Waals surface area contributed by atoms with E-state index in [1.54, 1.807) is 24.3 Å². The third-order valence-corrected chi connectivity index (χ3v) is 2.69. The SMILES string of the molecule is CCOc1cccc(OCC(=O)Nc2ccc(F)cc2F)c1. The van der Waals surface area contributed by atoms with Crippen LogP contribution in [0.3, 0.4) is 0 Å². The lowest BCUT2D eigenvalue weighted by Gasteiger charge is -2.09. The Morgan fingerprint density at radius 1 is 1.09 bits per heavy atom. The first-order valence-corrected chi connectivity index (χ1v) is 6.69. The maximum atomic E-state index is 13.4. The van der Waals surface area contributed by atoms with Crippen LogP contribution in [-0.4, -0.2) is 19.1 Å². The molecule has 0 saturated carbocycles. The van der Waals surface area contributed by atoms with Crippen molar-refractivity contribution in [2.24, 2.45) is 0 Å². The summed E-state index contributed by atoms with van der Waals surface area (Å²) in [6.07, 6.45) is 0. The van der Waals surface area contributed by atoms with Crippen molar-refractivity contribution in [3.05, 3.63) is 54.1 Å². The van der Waals surface area contributed by atoms with E-state index in [-0.39, 0.29) is 12.3 Å². The van der Waals surface area contributed by atoms with Gasteiger partial charge >= 0.3 is 0 Å². The highest BCUT2D eigenvalue weighted by molar-refractivity contribution is 5.91. The number of benzene rings is 2. The second-order valence-corrected chi connectivity index (χ2v) is 4.37. The first-order valence-electron chi connectivity index (χ1n) is 6.69. The summed E-state index contributed by atoms with van der Waals surface area (Å²) in [7, 11) is 0. The average Bonchev–Trinajstić information content (AvgIpc) is 2.49. The molecule has 0 saturated heterocycles. The fraction of sp³-hybridized carbons (Fsp3) is 0.188. The molecule has 2 aromatic carbocycles. The Morgan fingerprint density at radius 2 is 1.82 bits per heavy atom. The van der Waals surface area contributed by atoms with E-state index in [1.165, 1.54) is 0 Å². The van der Waals surface area contributed by atoms with Gasteiger partial charge in [-0.3, -0.25) is 4.79 Å². The molecule has 0 bridgehead atoms. The van der Waals surface area contributed by atoms with Crippen molar-refractivity contribution in [2.45, 2.75) is 6.92 Å². The standard InChI is InChI=1S/C16H15F2NO3/c1-2-21-12-4-3-5-13(9-12)22-10-16(20)19-15-7-6-11(17)8-14(15)18/h3-9H,2,10H2,1H3,(H,19,20). The molecule has 0 heterocycles. The number of anilines is 1. The number of hydrogen-bond acceptors (Lipinski definition) is 3. The number of rotatable bonds is 6. The van der Waals surface area contributed by atoms with Crippen molar-refractivity contribution >= 4 is 11.6 Å². The predicted octanol–water partition coefficient (Wildman–Crippen LogP) is 3.38. The molecular formula is C16H15F2NO3. The largest absolute Gasteiger partial charge is 0.494 e. The molecule has 116 valence electrons. The van der Waals surface area contributed by atoms with Crippen molar-refractivity contribution in [3.63, 3.8) is 0 Å². The first-order chi connectivity index (χ1) is 10.6. The van der Waals surface area contributed by atoms with Crippen LogP contribution in [0.15, 0.2) is 42.5 Å². The van der Waals surface area contributed by atoms with E-state index in [0.29, 0.717) is 24.2 Å². The van der Waals surface area contributed by atoms with E-state index >= 15 is 0 Å². The van der Waals surface area contributed by atoms with Gasteiger partial charge in [-0.05, 0) is 31.2 Å². The summed E-state index contributed by atoms with van der Waals surface area (Å²) in [5, 5.41) is 2.31. The van der Waals surface area contributed by atoms with Crippen LogP contribution in [0.5, 0.6) is 11.5 Å². The average molecular weight is 307 g/mol. The zero-order valence-corrected chi connectivity index (χ0v) is 11.9. The minimum Gasteiger partial charge on any atom is -0.494 e. The highest BCUT2D eigenvalue weighted by Crippen LogP contribution is 2.19. The van der Waals surface area contributed by atoms with Gasteiger partial charge in [0.2, 0.25) is 0 Å². The zero-order chi connectivity index (χ0) is 15.9. The number of halogens is 2. The van der Waals surface area contributed by atoms with Gasteiger partial charge in [-0.2, -0.15) is 0 Å². The van der Waals surface area contributed by atoms with Gasteiger partial charge in [0.15, 0.2) is 6.61 Å². The molecule has 1 N–H and O–H groups in total. The number of carbonyl (C=O) groups excluding carboxylic acids is 1. The minimum atomic E-state index is -0.841. The van der Waals surface area contributed by atoms with Crippen molar-refractivity contribution < 1.29 is 23.0 Å². The molecule has 2 rings (SSSR count). The first kappa shape index (κ1) is 15.8. The molecule has 0 unspecified atom stereocenters. The predicted molar refractivity (Wildman–Crippen MR) is 78.1 cm³/mol. The zero-order valence-electron chi connectivity index (χ0n) is 11.9. The van der Waals surface area contributed by atoms with Gasteiger partial charge in [0.1, 0.15) is 23.1 Å². The van der Waals surface area contributed by atoms with Gasteiger partial charge in [-0.15, -0.1) is 0 Å². The summed E-state index contributed by atoms with van der Waals surface area (Å²) >= 11 is 0. The Balaban J connectivity index is 1.91.